The molecule has 2 aromatic rings. The van der Waals surface area contributed by atoms with E-state index in [1.54, 1.807) is 6.07 Å². The fourth-order valence-electron chi connectivity index (χ4n) is 1.91. The second kappa shape index (κ2) is 5.57. The molecule has 0 spiro atoms. The summed E-state index contributed by atoms with van der Waals surface area (Å²) in [4.78, 5) is 10.7. The average Bonchev–Trinajstić information content (AvgIpc) is 2.46. The summed E-state index contributed by atoms with van der Waals surface area (Å²) in [6.07, 6.45) is -6.16. The highest BCUT2D eigenvalue weighted by Gasteiger charge is 2.30. The van der Waals surface area contributed by atoms with Crippen molar-refractivity contribution in [1.82, 2.24) is 0 Å². The predicted octanol–water partition coefficient (Wildman–Crippen LogP) is 3.49. The van der Waals surface area contributed by atoms with Gasteiger partial charge in [0.05, 0.1) is 5.56 Å². The Balaban J connectivity index is 2.43. The van der Waals surface area contributed by atoms with Crippen molar-refractivity contribution in [3.05, 3.63) is 59.7 Å². The molecular weight excluding hydrogens is 285 g/mol. The fourth-order valence-corrected chi connectivity index (χ4v) is 1.91. The van der Waals surface area contributed by atoms with Crippen molar-refractivity contribution >= 4 is 5.97 Å². The molecule has 0 aliphatic rings. The molecule has 0 bridgehead atoms. The van der Waals surface area contributed by atoms with Crippen molar-refractivity contribution in [2.75, 3.05) is 0 Å². The summed E-state index contributed by atoms with van der Waals surface area (Å²) in [6.45, 7) is 0. The monoisotopic (exact) mass is 296 g/mol. The average molecular weight is 296 g/mol. The number of alkyl halides is 3. The third-order valence-corrected chi connectivity index (χ3v) is 2.96. The van der Waals surface area contributed by atoms with Crippen LogP contribution in [-0.2, 0) is 11.0 Å². The Labute approximate surface area is 118 Å². The first kappa shape index (κ1) is 15.1. The molecule has 0 fully saturated rings. The summed E-state index contributed by atoms with van der Waals surface area (Å²) in [7, 11) is 0. The van der Waals surface area contributed by atoms with Crippen molar-refractivity contribution in [2.45, 2.75) is 12.3 Å². The summed E-state index contributed by atoms with van der Waals surface area (Å²) in [5.74, 6) is -1.42. The molecule has 2 N–H and O–H groups in total. The van der Waals surface area contributed by atoms with Crippen LogP contribution in [0.25, 0.3) is 11.1 Å². The van der Waals surface area contributed by atoms with Crippen molar-refractivity contribution in [3.8, 4) is 11.1 Å². The van der Waals surface area contributed by atoms with Crippen LogP contribution in [0.5, 0.6) is 0 Å². The number of hydrogen-bond acceptors (Lipinski definition) is 2. The summed E-state index contributed by atoms with van der Waals surface area (Å²) >= 11 is 0. The Morgan fingerprint density at radius 1 is 1.00 bits per heavy atom. The fraction of sp³-hybridized carbons (Fsp3) is 0.133. The number of carboxylic acid groups (broad SMARTS) is 1. The van der Waals surface area contributed by atoms with Crippen LogP contribution in [0.4, 0.5) is 13.2 Å². The third-order valence-electron chi connectivity index (χ3n) is 2.96. The Kier molecular flexibility index (Phi) is 3.99. The number of hydrogen-bond donors (Lipinski definition) is 2. The van der Waals surface area contributed by atoms with Crippen LogP contribution in [0, 0.1) is 0 Å². The molecule has 0 aromatic heterocycles. The van der Waals surface area contributed by atoms with Crippen molar-refractivity contribution in [2.24, 2.45) is 0 Å². The summed E-state index contributed by atoms with van der Waals surface area (Å²) in [6, 6.07) is 10.5. The summed E-state index contributed by atoms with van der Waals surface area (Å²) in [5, 5.41) is 18.2. The van der Waals surface area contributed by atoms with E-state index in [0.717, 1.165) is 12.1 Å². The second-order valence-electron chi connectivity index (χ2n) is 4.44. The second-order valence-corrected chi connectivity index (χ2v) is 4.44. The molecule has 1 atom stereocenters. The zero-order chi connectivity index (χ0) is 15.6. The van der Waals surface area contributed by atoms with Crippen LogP contribution in [0.3, 0.4) is 0 Å². The highest BCUT2D eigenvalue weighted by molar-refractivity contribution is 5.75. The summed E-state index contributed by atoms with van der Waals surface area (Å²) in [5.41, 5.74) is 0.0183. The Hall–Kier alpha value is -2.34. The topological polar surface area (TPSA) is 57.5 Å². The molecule has 3 nitrogen and oxygen atoms in total. The number of rotatable bonds is 3. The predicted molar refractivity (Wildman–Crippen MR) is 69.5 cm³/mol. The maximum atomic E-state index is 12.7. The molecule has 0 saturated heterocycles. The van der Waals surface area contributed by atoms with E-state index in [0.29, 0.717) is 11.1 Å². The molecule has 0 aliphatic carbocycles. The van der Waals surface area contributed by atoms with Gasteiger partial charge >= 0.3 is 12.1 Å². The highest BCUT2D eigenvalue weighted by Crippen LogP contribution is 2.32. The molecule has 110 valence electrons. The molecular formula is C15H11F3O3. The zero-order valence-electron chi connectivity index (χ0n) is 10.6. The molecule has 0 saturated carbocycles. The van der Waals surface area contributed by atoms with Gasteiger partial charge < -0.3 is 10.2 Å². The Morgan fingerprint density at radius 3 is 2.14 bits per heavy atom. The lowest BCUT2D eigenvalue weighted by Crippen LogP contribution is -2.10. The Morgan fingerprint density at radius 2 is 1.57 bits per heavy atom. The number of halogens is 3. The number of aliphatic hydroxyl groups is 1. The number of carboxylic acids is 1. The van der Waals surface area contributed by atoms with Gasteiger partial charge in [-0.25, -0.2) is 4.79 Å². The van der Waals surface area contributed by atoms with Crippen molar-refractivity contribution < 1.29 is 28.2 Å². The van der Waals surface area contributed by atoms with E-state index >= 15 is 0 Å². The SMILES string of the molecule is O=C(O)C(O)c1cccc(-c2cccc(C(F)(F)F)c2)c1. The van der Waals surface area contributed by atoms with Crippen LogP contribution in [0.1, 0.15) is 17.2 Å². The van der Waals surface area contributed by atoms with Gasteiger partial charge in [0.15, 0.2) is 6.10 Å². The minimum atomic E-state index is -4.45. The van der Waals surface area contributed by atoms with Crippen molar-refractivity contribution in [1.29, 1.82) is 0 Å². The number of carbonyl (C=O) groups is 1. The normalized spacial score (nSPS) is 13.0. The van der Waals surface area contributed by atoms with Gasteiger partial charge in [-0.3, -0.25) is 0 Å². The largest absolute Gasteiger partial charge is 0.479 e. The van der Waals surface area contributed by atoms with E-state index in [-0.39, 0.29) is 5.56 Å². The van der Waals surface area contributed by atoms with Gasteiger partial charge in [-0.05, 0) is 34.9 Å². The molecule has 2 rings (SSSR count). The van der Waals surface area contributed by atoms with Crippen LogP contribution in [0.2, 0.25) is 0 Å². The minimum absolute atomic E-state index is 0.109. The first-order valence-corrected chi connectivity index (χ1v) is 5.97. The van der Waals surface area contributed by atoms with E-state index < -0.39 is 23.8 Å². The lowest BCUT2D eigenvalue weighted by Gasteiger charge is -2.11. The molecule has 21 heavy (non-hydrogen) atoms. The van der Waals surface area contributed by atoms with Crippen molar-refractivity contribution in [3.63, 3.8) is 0 Å². The van der Waals surface area contributed by atoms with Gasteiger partial charge in [-0.1, -0.05) is 30.3 Å². The maximum Gasteiger partial charge on any atom is 0.416 e. The van der Waals surface area contributed by atoms with E-state index in [2.05, 4.69) is 0 Å². The van der Waals surface area contributed by atoms with Crippen LogP contribution in [-0.4, -0.2) is 16.2 Å². The van der Waals surface area contributed by atoms with E-state index in [9.17, 15) is 23.1 Å². The maximum absolute atomic E-state index is 12.7. The molecule has 0 amide bonds. The minimum Gasteiger partial charge on any atom is -0.479 e. The molecule has 2 aromatic carbocycles. The van der Waals surface area contributed by atoms with Gasteiger partial charge in [0.25, 0.3) is 0 Å². The molecule has 0 aliphatic heterocycles. The van der Waals surface area contributed by atoms with Crippen LogP contribution >= 0.6 is 0 Å². The number of benzene rings is 2. The van der Waals surface area contributed by atoms with E-state index in [1.807, 2.05) is 0 Å². The number of aliphatic carboxylic acids is 1. The first-order valence-electron chi connectivity index (χ1n) is 5.97. The van der Waals surface area contributed by atoms with Gasteiger partial charge in [0.1, 0.15) is 0 Å². The lowest BCUT2D eigenvalue weighted by molar-refractivity contribution is -0.147. The Bertz CT molecular complexity index is 665. The first-order chi connectivity index (χ1) is 9.79. The lowest BCUT2D eigenvalue weighted by atomic mass is 9.99. The van der Waals surface area contributed by atoms with Gasteiger partial charge in [-0.2, -0.15) is 13.2 Å². The van der Waals surface area contributed by atoms with E-state index in [1.165, 1.54) is 30.3 Å². The van der Waals surface area contributed by atoms with Gasteiger partial charge in [-0.15, -0.1) is 0 Å². The third kappa shape index (κ3) is 3.41. The molecule has 0 radical (unpaired) electrons. The molecule has 0 heterocycles. The smallest absolute Gasteiger partial charge is 0.416 e. The molecule has 6 heteroatoms. The number of aliphatic hydroxyl groups excluding tert-OH is 1. The zero-order valence-corrected chi connectivity index (χ0v) is 10.6. The van der Waals surface area contributed by atoms with Gasteiger partial charge in [0.2, 0.25) is 0 Å². The van der Waals surface area contributed by atoms with Gasteiger partial charge in [0, 0.05) is 0 Å². The summed E-state index contributed by atoms with van der Waals surface area (Å²) < 4.78 is 38.0. The van der Waals surface area contributed by atoms with Crippen LogP contribution in [0.15, 0.2) is 48.5 Å². The van der Waals surface area contributed by atoms with E-state index in [4.69, 9.17) is 5.11 Å². The quantitative estimate of drug-likeness (QED) is 0.911. The molecule has 1 unspecified atom stereocenters. The highest BCUT2D eigenvalue weighted by atomic mass is 19.4. The standard InChI is InChI=1S/C15H11F3O3/c16-15(17,18)12-6-2-4-10(8-12)9-3-1-5-11(7-9)13(19)14(20)21/h1-8,13,19H,(H,20,21). The van der Waals surface area contributed by atoms with Crippen LogP contribution < -0.4 is 0 Å².